The van der Waals surface area contributed by atoms with Gasteiger partial charge >= 0.3 is 0 Å². The van der Waals surface area contributed by atoms with E-state index in [2.05, 4.69) is 10.2 Å². The van der Waals surface area contributed by atoms with Crippen LogP contribution >= 0.6 is 23.2 Å². The number of carbonyl (C=O) groups is 1. The number of nitrogens with one attached hydrogen (secondary N) is 1. The fourth-order valence-corrected chi connectivity index (χ4v) is 6.56. The molecule has 9 heteroatoms. The summed E-state index contributed by atoms with van der Waals surface area (Å²) in [6.45, 7) is 5.33. The number of carbonyl (C=O) groups excluding carboxylic acids is 1. The van der Waals surface area contributed by atoms with E-state index in [1.54, 1.807) is 22.5 Å². The van der Waals surface area contributed by atoms with Gasteiger partial charge in [0.25, 0.3) is 5.91 Å². The van der Waals surface area contributed by atoms with E-state index >= 15 is 0 Å². The Morgan fingerprint density at radius 3 is 2.37 bits per heavy atom. The maximum Gasteiger partial charge on any atom is 0.252 e. The van der Waals surface area contributed by atoms with Gasteiger partial charge in [0.05, 0.1) is 16.3 Å². The molecule has 2 saturated heterocycles. The second-order valence-corrected chi connectivity index (χ2v) is 11.2. The third kappa shape index (κ3) is 5.49. The van der Waals surface area contributed by atoms with Crippen LogP contribution in [0.5, 0.6) is 0 Å². The SMILES string of the molecule is CCCS(=O)(=O)N1CCC(CNC(=O)c2ccc(Cl)cc2Cl)(N2CCCCC2)CC1. The van der Waals surface area contributed by atoms with Gasteiger partial charge in [0.2, 0.25) is 10.0 Å². The highest BCUT2D eigenvalue weighted by molar-refractivity contribution is 7.89. The molecule has 2 fully saturated rings. The zero-order valence-electron chi connectivity index (χ0n) is 17.5. The molecule has 0 bridgehead atoms. The van der Waals surface area contributed by atoms with Crippen LogP contribution in [-0.4, -0.2) is 67.5 Å². The van der Waals surface area contributed by atoms with Gasteiger partial charge in [-0.3, -0.25) is 9.69 Å². The smallest absolute Gasteiger partial charge is 0.252 e. The summed E-state index contributed by atoms with van der Waals surface area (Å²) >= 11 is 12.1. The standard InChI is InChI=1S/C21H31Cl2N3O3S/c1-2-14-30(28,29)26-12-8-21(9-13-26,25-10-4-3-5-11-25)16-24-20(27)18-7-6-17(22)15-19(18)23/h6-7,15H,2-5,8-14,16H2,1H3,(H,24,27). The minimum absolute atomic E-state index is 0.190. The van der Waals surface area contributed by atoms with Crippen molar-refractivity contribution in [2.75, 3.05) is 38.5 Å². The molecule has 1 aromatic rings. The highest BCUT2D eigenvalue weighted by Crippen LogP contribution is 2.32. The van der Waals surface area contributed by atoms with E-state index in [4.69, 9.17) is 23.2 Å². The number of hydrogen-bond donors (Lipinski definition) is 1. The first-order valence-corrected chi connectivity index (χ1v) is 13.1. The monoisotopic (exact) mass is 475 g/mol. The summed E-state index contributed by atoms with van der Waals surface area (Å²) < 4.78 is 26.6. The van der Waals surface area contributed by atoms with Gasteiger partial charge in [-0.25, -0.2) is 12.7 Å². The molecule has 0 saturated carbocycles. The molecular weight excluding hydrogens is 445 g/mol. The molecular formula is C21H31Cl2N3O3S. The molecule has 0 spiro atoms. The number of likely N-dealkylation sites (tertiary alicyclic amines) is 1. The zero-order chi connectivity index (χ0) is 21.8. The van der Waals surface area contributed by atoms with Crippen molar-refractivity contribution in [3.05, 3.63) is 33.8 Å². The number of sulfonamides is 1. The first-order valence-electron chi connectivity index (χ1n) is 10.7. The van der Waals surface area contributed by atoms with E-state index in [1.165, 1.54) is 6.42 Å². The fourth-order valence-electron chi connectivity index (χ4n) is 4.55. The molecule has 2 aliphatic rings. The Morgan fingerprint density at radius 1 is 1.10 bits per heavy atom. The first kappa shape index (κ1) is 23.8. The molecule has 1 amide bonds. The number of benzene rings is 1. The van der Waals surface area contributed by atoms with Crippen LogP contribution in [-0.2, 0) is 10.0 Å². The Morgan fingerprint density at radius 2 is 1.77 bits per heavy atom. The molecule has 168 valence electrons. The highest BCUT2D eigenvalue weighted by atomic mass is 35.5. The van der Waals surface area contributed by atoms with E-state index in [-0.39, 0.29) is 17.2 Å². The van der Waals surface area contributed by atoms with Crippen molar-refractivity contribution in [1.82, 2.24) is 14.5 Å². The van der Waals surface area contributed by atoms with Crippen molar-refractivity contribution in [3.63, 3.8) is 0 Å². The van der Waals surface area contributed by atoms with Crippen LogP contribution in [0.2, 0.25) is 10.0 Å². The second-order valence-electron chi connectivity index (χ2n) is 8.29. The van der Waals surface area contributed by atoms with Crippen LogP contribution in [0.1, 0.15) is 55.8 Å². The molecule has 1 aromatic carbocycles. The molecule has 30 heavy (non-hydrogen) atoms. The second kappa shape index (κ2) is 10.2. The third-order valence-electron chi connectivity index (χ3n) is 6.29. The van der Waals surface area contributed by atoms with E-state index in [0.717, 1.165) is 25.9 Å². The van der Waals surface area contributed by atoms with Crippen LogP contribution in [0.3, 0.4) is 0 Å². The molecule has 2 aliphatic heterocycles. The van der Waals surface area contributed by atoms with Crippen LogP contribution in [0.15, 0.2) is 18.2 Å². The summed E-state index contributed by atoms with van der Waals surface area (Å²) in [6.07, 6.45) is 5.53. The fraction of sp³-hybridized carbons (Fsp3) is 0.667. The Labute approximate surface area is 189 Å². The Bertz CT molecular complexity index is 849. The van der Waals surface area contributed by atoms with Gasteiger partial charge in [0.15, 0.2) is 0 Å². The van der Waals surface area contributed by atoms with Gasteiger partial charge in [-0.1, -0.05) is 36.5 Å². The van der Waals surface area contributed by atoms with E-state index < -0.39 is 10.0 Å². The average Bonchev–Trinajstić information content (AvgIpc) is 2.73. The van der Waals surface area contributed by atoms with E-state index in [1.807, 2.05) is 6.92 Å². The number of rotatable bonds is 7. The number of amides is 1. The van der Waals surface area contributed by atoms with E-state index in [0.29, 0.717) is 54.5 Å². The summed E-state index contributed by atoms with van der Waals surface area (Å²) in [5.74, 6) is -0.0377. The lowest BCUT2D eigenvalue weighted by Gasteiger charge is -2.50. The van der Waals surface area contributed by atoms with Gasteiger partial charge < -0.3 is 5.32 Å². The van der Waals surface area contributed by atoms with Gasteiger partial charge in [0, 0.05) is 30.2 Å². The number of nitrogens with zero attached hydrogens (tertiary/aromatic N) is 2. The maximum atomic E-state index is 12.8. The number of halogens is 2. The van der Waals surface area contributed by atoms with Crippen molar-refractivity contribution < 1.29 is 13.2 Å². The van der Waals surface area contributed by atoms with Crippen LogP contribution in [0, 0.1) is 0 Å². The highest BCUT2D eigenvalue weighted by Gasteiger charge is 2.42. The molecule has 0 radical (unpaired) electrons. The van der Waals surface area contributed by atoms with Gasteiger partial charge in [-0.2, -0.15) is 0 Å². The molecule has 0 aliphatic carbocycles. The largest absolute Gasteiger partial charge is 0.350 e. The lowest BCUT2D eigenvalue weighted by Crippen LogP contribution is -2.62. The third-order valence-corrected chi connectivity index (χ3v) is 8.91. The predicted octanol–water partition coefficient (Wildman–Crippen LogP) is 3.78. The first-order chi connectivity index (χ1) is 14.3. The predicted molar refractivity (Wildman–Crippen MR) is 122 cm³/mol. The molecule has 3 rings (SSSR count). The Hall–Kier alpha value is -0.860. The summed E-state index contributed by atoms with van der Waals surface area (Å²) in [7, 11) is -3.20. The number of hydrogen-bond acceptors (Lipinski definition) is 4. The average molecular weight is 476 g/mol. The van der Waals surface area contributed by atoms with Crippen LogP contribution < -0.4 is 5.32 Å². The molecule has 0 unspecified atom stereocenters. The molecule has 2 heterocycles. The minimum atomic E-state index is -3.20. The van der Waals surface area contributed by atoms with Crippen molar-refractivity contribution in [3.8, 4) is 0 Å². The lowest BCUT2D eigenvalue weighted by atomic mass is 9.84. The Kier molecular flexibility index (Phi) is 8.07. The normalized spacial score (nSPS) is 20.8. The zero-order valence-corrected chi connectivity index (χ0v) is 19.8. The topological polar surface area (TPSA) is 69.7 Å². The van der Waals surface area contributed by atoms with Crippen LogP contribution in [0.4, 0.5) is 0 Å². The van der Waals surface area contributed by atoms with Crippen molar-refractivity contribution in [2.24, 2.45) is 0 Å². The van der Waals surface area contributed by atoms with Crippen LogP contribution in [0.25, 0.3) is 0 Å². The van der Waals surface area contributed by atoms with Gasteiger partial charge in [0.1, 0.15) is 0 Å². The summed E-state index contributed by atoms with van der Waals surface area (Å²) in [6, 6.07) is 4.85. The number of piperidine rings is 2. The summed E-state index contributed by atoms with van der Waals surface area (Å²) in [5.41, 5.74) is 0.172. The molecule has 0 atom stereocenters. The van der Waals surface area contributed by atoms with E-state index in [9.17, 15) is 13.2 Å². The molecule has 0 aromatic heterocycles. The Balaban J connectivity index is 1.73. The maximum absolute atomic E-state index is 12.8. The van der Waals surface area contributed by atoms with Gasteiger partial charge in [-0.15, -0.1) is 0 Å². The van der Waals surface area contributed by atoms with Crippen molar-refractivity contribution >= 4 is 39.1 Å². The summed E-state index contributed by atoms with van der Waals surface area (Å²) in [5, 5.41) is 3.88. The van der Waals surface area contributed by atoms with Gasteiger partial charge in [-0.05, 0) is 63.4 Å². The summed E-state index contributed by atoms with van der Waals surface area (Å²) in [4.78, 5) is 15.3. The molecule has 1 N–H and O–H groups in total. The quantitative estimate of drug-likeness (QED) is 0.651. The minimum Gasteiger partial charge on any atom is -0.350 e. The lowest BCUT2D eigenvalue weighted by molar-refractivity contribution is 0.0243. The molecule has 6 nitrogen and oxygen atoms in total. The van der Waals surface area contributed by atoms with Crippen molar-refractivity contribution in [2.45, 2.75) is 51.0 Å². The van der Waals surface area contributed by atoms with Crippen molar-refractivity contribution in [1.29, 1.82) is 0 Å².